The fourth-order valence-electron chi connectivity index (χ4n) is 4.57. The van der Waals surface area contributed by atoms with Crippen LogP contribution in [0.4, 0.5) is 4.79 Å². The van der Waals surface area contributed by atoms with E-state index in [1.807, 2.05) is 11.6 Å². The predicted molar refractivity (Wildman–Crippen MR) is 106 cm³/mol. The number of hydrogen-bond donors (Lipinski definition) is 1. The number of amidine groups is 1. The molecule has 0 aliphatic carbocycles. The van der Waals surface area contributed by atoms with Crippen LogP contribution in [0.2, 0.25) is 0 Å². The van der Waals surface area contributed by atoms with Gasteiger partial charge in [-0.15, -0.1) is 11.3 Å². The van der Waals surface area contributed by atoms with Gasteiger partial charge in [0.05, 0.1) is 6.54 Å². The molecule has 0 saturated carbocycles. The maximum atomic E-state index is 12.7. The number of amides is 2. The minimum absolute atomic E-state index is 0.0589. The summed E-state index contributed by atoms with van der Waals surface area (Å²) in [4.78, 5) is 28.4. The number of likely N-dealkylation sites (tertiary alicyclic amines) is 1. The van der Waals surface area contributed by atoms with Gasteiger partial charge in [-0.2, -0.15) is 0 Å². The zero-order valence-electron chi connectivity index (χ0n) is 16.1. The molecule has 2 amide bonds. The zero-order chi connectivity index (χ0) is 19.1. The van der Waals surface area contributed by atoms with Crippen molar-refractivity contribution in [2.24, 2.45) is 16.8 Å². The van der Waals surface area contributed by atoms with Crippen LogP contribution in [0.15, 0.2) is 28.6 Å². The Bertz CT molecular complexity index is 788. The number of nitrogens with zero attached hydrogens (tertiary/aromatic N) is 5. The maximum absolute atomic E-state index is 12.7. The van der Waals surface area contributed by atoms with Crippen LogP contribution < -0.4 is 5.32 Å². The number of carbonyl (C=O) groups excluding carboxylic acids is 1. The van der Waals surface area contributed by atoms with Gasteiger partial charge >= 0.3 is 6.03 Å². The molecule has 28 heavy (non-hydrogen) atoms. The molecule has 1 N–H and O–H groups in total. The van der Waals surface area contributed by atoms with Crippen LogP contribution in [0, 0.1) is 11.8 Å². The zero-order valence-corrected chi connectivity index (χ0v) is 16.9. The van der Waals surface area contributed by atoms with Crippen molar-refractivity contribution < 1.29 is 9.53 Å². The fraction of sp³-hybridized carbons (Fsp3) is 0.632. The Kier molecular flexibility index (Phi) is 4.82. The standard InChI is InChI=1S/C19H26N6O2S/c1-13-8-23(11-17-20-4-7-28-17)9-15(13)18-21-16-10-24(12-25(16)19(26)22-18)14-2-5-27-6-3-14/h4,7,10,13-15H,2-3,5-6,8-9,11-12H2,1H3,(H,21,22,26). The third-order valence-corrected chi connectivity index (χ3v) is 6.88. The Hall–Kier alpha value is -1.97. The minimum Gasteiger partial charge on any atom is -0.381 e. The summed E-state index contributed by atoms with van der Waals surface area (Å²) < 4.78 is 5.47. The van der Waals surface area contributed by atoms with Crippen molar-refractivity contribution in [2.45, 2.75) is 32.4 Å². The van der Waals surface area contributed by atoms with E-state index in [2.05, 4.69) is 33.2 Å². The van der Waals surface area contributed by atoms with Gasteiger partial charge < -0.3 is 9.64 Å². The number of hydrogen-bond acceptors (Lipinski definition) is 7. The molecule has 9 heteroatoms. The lowest BCUT2D eigenvalue weighted by Crippen LogP contribution is -2.50. The van der Waals surface area contributed by atoms with E-state index < -0.39 is 0 Å². The number of carbonyl (C=O) groups is 1. The van der Waals surface area contributed by atoms with Crippen molar-refractivity contribution in [3.05, 3.63) is 28.6 Å². The van der Waals surface area contributed by atoms with Gasteiger partial charge in [0.2, 0.25) is 0 Å². The van der Waals surface area contributed by atoms with Crippen LogP contribution in [0.1, 0.15) is 24.8 Å². The van der Waals surface area contributed by atoms with Crippen LogP contribution in [0.25, 0.3) is 0 Å². The van der Waals surface area contributed by atoms with Crippen LogP contribution in [0.5, 0.6) is 0 Å². The molecule has 5 heterocycles. The summed E-state index contributed by atoms with van der Waals surface area (Å²) in [6.45, 7) is 7.17. The first kappa shape index (κ1) is 18.1. The number of rotatable bonds is 4. The Balaban J connectivity index is 1.30. The second-order valence-electron chi connectivity index (χ2n) is 8.05. The monoisotopic (exact) mass is 402 g/mol. The smallest absolute Gasteiger partial charge is 0.329 e. The van der Waals surface area contributed by atoms with Gasteiger partial charge in [-0.3, -0.25) is 15.1 Å². The highest BCUT2D eigenvalue weighted by Crippen LogP contribution is 2.30. The third kappa shape index (κ3) is 3.42. The van der Waals surface area contributed by atoms with Crippen LogP contribution >= 0.6 is 11.3 Å². The number of fused-ring (bicyclic) bond motifs is 1. The van der Waals surface area contributed by atoms with E-state index in [-0.39, 0.29) is 11.9 Å². The molecule has 0 aromatic carbocycles. The fourth-order valence-corrected chi connectivity index (χ4v) is 5.23. The van der Waals surface area contributed by atoms with Crippen molar-refractivity contribution in [3.8, 4) is 0 Å². The van der Waals surface area contributed by atoms with Crippen LogP contribution in [-0.4, -0.2) is 70.6 Å². The van der Waals surface area contributed by atoms with Crippen molar-refractivity contribution in [1.29, 1.82) is 0 Å². The van der Waals surface area contributed by atoms with E-state index in [1.165, 1.54) is 0 Å². The number of aliphatic imine (C=N–C) groups is 1. The lowest BCUT2D eigenvalue weighted by molar-refractivity contribution is 0.0459. The average molecular weight is 403 g/mol. The van der Waals surface area contributed by atoms with Gasteiger partial charge in [0.1, 0.15) is 17.5 Å². The molecule has 5 rings (SSSR count). The molecule has 8 nitrogen and oxygen atoms in total. The van der Waals surface area contributed by atoms with E-state index in [4.69, 9.17) is 9.73 Å². The Morgan fingerprint density at radius 3 is 2.96 bits per heavy atom. The molecule has 0 radical (unpaired) electrons. The number of urea groups is 1. The SMILES string of the molecule is CC1CN(Cc2nccs2)CC1C1=NC2=CN(C3CCOCC3)CN2C(=O)N1. The van der Waals surface area contributed by atoms with Gasteiger partial charge in [-0.25, -0.2) is 14.8 Å². The summed E-state index contributed by atoms with van der Waals surface area (Å²) >= 11 is 1.69. The molecule has 150 valence electrons. The first-order valence-corrected chi connectivity index (χ1v) is 10.9. The number of thiazole rings is 1. The van der Waals surface area contributed by atoms with E-state index in [0.717, 1.165) is 62.4 Å². The summed E-state index contributed by atoms with van der Waals surface area (Å²) in [5, 5.41) is 6.22. The predicted octanol–water partition coefficient (Wildman–Crippen LogP) is 1.89. The van der Waals surface area contributed by atoms with Crippen LogP contribution in [-0.2, 0) is 11.3 Å². The number of aromatic nitrogens is 1. The molecule has 4 aliphatic rings. The molecule has 2 saturated heterocycles. The van der Waals surface area contributed by atoms with Crippen molar-refractivity contribution in [3.63, 3.8) is 0 Å². The van der Waals surface area contributed by atoms with Gasteiger partial charge in [-0.05, 0) is 18.8 Å². The van der Waals surface area contributed by atoms with Gasteiger partial charge in [0.25, 0.3) is 0 Å². The van der Waals surface area contributed by atoms with Gasteiger partial charge in [0.15, 0.2) is 5.82 Å². The minimum atomic E-state index is -0.0589. The molecule has 2 unspecified atom stereocenters. The quantitative estimate of drug-likeness (QED) is 0.833. The lowest BCUT2D eigenvalue weighted by atomic mass is 9.96. The lowest BCUT2D eigenvalue weighted by Gasteiger charge is -2.32. The normalized spacial score (nSPS) is 29.0. The Morgan fingerprint density at radius 2 is 2.18 bits per heavy atom. The second kappa shape index (κ2) is 7.46. The first-order valence-electron chi connectivity index (χ1n) is 10.0. The Morgan fingerprint density at radius 1 is 1.32 bits per heavy atom. The highest BCUT2D eigenvalue weighted by atomic mass is 32.1. The molecule has 1 aromatic heterocycles. The number of nitrogens with one attached hydrogen (secondary N) is 1. The van der Waals surface area contributed by atoms with Crippen molar-refractivity contribution in [1.82, 2.24) is 25.0 Å². The van der Waals surface area contributed by atoms with Crippen molar-refractivity contribution >= 4 is 23.2 Å². The van der Waals surface area contributed by atoms with Crippen LogP contribution in [0.3, 0.4) is 0 Å². The molecule has 0 bridgehead atoms. The topological polar surface area (TPSA) is 73.3 Å². The molecule has 1 aromatic rings. The van der Waals surface area contributed by atoms with Gasteiger partial charge in [-0.1, -0.05) is 6.92 Å². The third-order valence-electron chi connectivity index (χ3n) is 6.12. The molecule has 2 atom stereocenters. The van der Waals surface area contributed by atoms with E-state index in [1.54, 1.807) is 16.2 Å². The molecule has 2 fully saturated rings. The maximum Gasteiger partial charge on any atom is 0.329 e. The van der Waals surface area contributed by atoms with E-state index >= 15 is 0 Å². The largest absolute Gasteiger partial charge is 0.381 e. The van der Waals surface area contributed by atoms with E-state index in [9.17, 15) is 4.79 Å². The first-order chi connectivity index (χ1) is 13.7. The highest BCUT2D eigenvalue weighted by molar-refractivity contribution is 7.09. The summed E-state index contributed by atoms with van der Waals surface area (Å²) in [6, 6.07) is 0.369. The molecular weight excluding hydrogens is 376 g/mol. The molecule has 4 aliphatic heterocycles. The average Bonchev–Trinajstić information content (AvgIpc) is 3.43. The number of ether oxygens (including phenoxy) is 1. The summed E-state index contributed by atoms with van der Waals surface area (Å²) in [7, 11) is 0. The summed E-state index contributed by atoms with van der Waals surface area (Å²) in [6.07, 6.45) is 5.91. The second-order valence-corrected chi connectivity index (χ2v) is 9.02. The summed E-state index contributed by atoms with van der Waals surface area (Å²) in [5.41, 5.74) is 0. The van der Waals surface area contributed by atoms with Gasteiger partial charge in [0, 0.05) is 56.0 Å². The molecular formula is C19H26N6O2S. The Labute approximate surface area is 168 Å². The van der Waals surface area contributed by atoms with E-state index in [0.29, 0.717) is 18.6 Å². The highest BCUT2D eigenvalue weighted by Gasteiger charge is 2.40. The van der Waals surface area contributed by atoms with Crippen molar-refractivity contribution in [2.75, 3.05) is 33.0 Å². The summed E-state index contributed by atoms with van der Waals surface area (Å²) in [5.74, 6) is 2.27. The molecule has 0 spiro atoms.